The molecule has 6 nitrogen and oxygen atoms in total. The van der Waals surface area contributed by atoms with Gasteiger partial charge in [0.2, 0.25) is 5.91 Å². The molecule has 0 aromatic rings. The van der Waals surface area contributed by atoms with Gasteiger partial charge in [0.15, 0.2) is 0 Å². The van der Waals surface area contributed by atoms with E-state index in [-0.39, 0.29) is 18.4 Å². The molecule has 86 valence electrons. The predicted molar refractivity (Wildman–Crippen MR) is 52.4 cm³/mol. The molecule has 1 saturated heterocycles. The van der Waals surface area contributed by atoms with Crippen molar-refractivity contribution in [3.05, 3.63) is 0 Å². The van der Waals surface area contributed by atoms with Gasteiger partial charge in [-0.3, -0.25) is 4.79 Å². The van der Waals surface area contributed by atoms with Crippen molar-refractivity contribution in [3.8, 4) is 0 Å². The summed E-state index contributed by atoms with van der Waals surface area (Å²) in [6.07, 6.45) is 0.838. The maximum atomic E-state index is 11.4. The van der Waals surface area contributed by atoms with E-state index in [2.05, 4.69) is 10.6 Å². The summed E-state index contributed by atoms with van der Waals surface area (Å²) in [5.41, 5.74) is 0. The quantitative estimate of drug-likeness (QED) is 0.510. The van der Waals surface area contributed by atoms with Gasteiger partial charge >= 0.3 is 6.09 Å². The molecule has 0 spiro atoms. The zero-order valence-electron chi connectivity index (χ0n) is 8.40. The van der Waals surface area contributed by atoms with Crippen molar-refractivity contribution in [2.24, 2.45) is 5.92 Å². The van der Waals surface area contributed by atoms with Gasteiger partial charge in [-0.2, -0.15) is 0 Å². The maximum absolute atomic E-state index is 11.4. The first-order chi connectivity index (χ1) is 7.13. The largest absolute Gasteiger partial charge is 0.465 e. The Labute approximate surface area is 87.7 Å². The fourth-order valence-electron chi connectivity index (χ4n) is 1.76. The lowest BCUT2D eigenvalue weighted by atomic mass is 9.92. The number of piperidine rings is 1. The molecule has 4 N–H and O–H groups in total. The third-order valence-corrected chi connectivity index (χ3v) is 2.52. The molecule has 1 rings (SSSR count). The van der Waals surface area contributed by atoms with E-state index in [1.54, 1.807) is 0 Å². The van der Waals surface area contributed by atoms with Gasteiger partial charge in [0.25, 0.3) is 0 Å². The number of nitrogens with one attached hydrogen (secondary N) is 2. The molecule has 6 heteroatoms. The Morgan fingerprint density at radius 3 is 2.93 bits per heavy atom. The van der Waals surface area contributed by atoms with Gasteiger partial charge in [0.1, 0.15) is 0 Å². The molecule has 0 aromatic heterocycles. The summed E-state index contributed by atoms with van der Waals surface area (Å²) in [5.74, 6) is -0.241. The lowest BCUT2D eigenvalue weighted by Crippen LogP contribution is -2.43. The summed E-state index contributed by atoms with van der Waals surface area (Å²) >= 11 is 0. The fourth-order valence-corrected chi connectivity index (χ4v) is 1.76. The average Bonchev–Trinajstić information content (AvgIpc) is 2.19. The monoisotopic (exact) mass is 216 g/mol. The Balaban J connectivity index is 2.42. The van der Waals surface area contributed by atoms with E-state index in [1.165, 1.54) is 0 Å². The number of aliphatic hydroxyl groups excluding tert-OH is 1. The molecule has 1 fully saturated rings. The smallest absolute Gasteiger partial charge is 0.404 e. The van der Waals surface area contributed by atoms with Gasteiger partial charge in [0, 0.05) is 12.5 Å². The third-order valence-electron chi connectivity index (χ3n) is 2.52. The minimum Gasteiger partial charge on any atom is -0.465 e. The minimum absolute atomic E-state index is 0.0492. The van der Waals surface area contributed by atoms with Crippen LogP contribution < -0.4 is 10.6 Å². The molecular formula is C9H16N2O4. The van der Waals surface area contributed by atoms with Crippen LogP contribution in [0.1, 0.15) is 19.3 Å². The van der Waals surface area contributed by atoms with Crippen molar-refractivity contribution in [1.29, 1.82) is 0 Å². The maximum Gasteiger partial charge on any atom is 0.404 e. The van der Waals surface area contributed by atoms with Crippen molar-refractivity contribution in [3.63, 3.8) is 0 Å². The van der Waals surface area contributed by atoms with E-state index in [0.29, 0.717) is 13.0 Å². The van der Waals surface area contributed by atoms with E-state index < -0.39 is 12.1 Å². The molecule has 2 amide bonds. The number of rotatable bonds is 4. The van der Waals surface area contributed by atoms with Gasteiger partial charge in [-0.25, -0.2) is 4.79 Å². The Bertz CT molecular complexity index is 244. The summed E-state index contributed by atoms with van der Waals surface area (Å²) < 4.78 is 0. The fraction of sp³-hybridized carbons (Fsp3) is 0.778. The second-order valence-electron chi connectivity index (χ2n) is 3.69. The highest BCUT2D eigenvalue weighted by Crippen LogP contribution is 2.17. The van der Waals surface area contributed by atoms with Crippen molar-refractivity contribution >= 4 is 12.0 Å². The number of hydrogen-bond acceptors (Lipinski definition) is 3. The van der Waals surface area contributed by atoms with Gasteiger partial charge < -0.3 is 20.8 Å². The van der Waals surface area contributed by atoms with E-state index in [0.717, 1.165) is 12.8 Å². The molecule has 0 bridgehead atoms. The van der Waals surface area contributed by atoms with E-state index >= 15 is 0 Å². The zero-order valence-corrected chi connectivity index (χ0v) is 8.40. The Morgan fingerprint density at radius 1 is 1.67 bits per heavy atom. The lowest BCUT2D eigenvalue weighted by Gasteiger charge is -2.25. The van der Waals surface area contributed by atoms with E-state index in [4.69, 9.17) is 10.2 Å². The van der Waals surface area contributed by atoms with Gasteiger partial charge in [0.05, 0.1) is 12.6 Å². The Morgan fingerprint density at radius 2 is 2.40 bits per heavy atom. The normalized spacial score (nSPS) is 23.0. The molecule has 0 saturated carbocycles. The standard InChI is InChI=1S/C9H16N2O4/c12-5-7(11-9(14)15)4-6-2-1-3-10-8(6)13/h6-7,11-12H,1-5H2,(H,10,13)(H,14,15). The van der Waals surface area contributed by atoms with Crippen LogP contribution in [0.4, 0.5) is 4.79 Å². The van der Waals surface area contributed by atoms with Crippen LogP contribution >= 0.6 is 0 Å². The van der Waals surface area contributed by atoms with Crippen LogP contribution in [0.3, 0.4) is 0 Å². The minimum atomic E-state index is -1.18. The van der Waals surface area contributed by atoms with Crippen molar-refractivity contribution in [2.45, 2.75) is 25.3 Å². The lowest BCUT2D eigenvalue weighted by molar-refractivity contribution is -0.127. The highest BCUT2D eigenvalue weighted by Gasteiger charge is 2.25. The molecular weight excluding hydrogens is 200 g/mol. The van der Waals surface area contributed by atoms with Crippen molar-refractivity contribution in [1.82, 2.24) is 10.6 Å². The molecule has 1 aliphatic heterocycles. The molecule has 2 atom stereocenters. The molecule has 0 radical (unpaired) electrons. The van der Waals surface area contributed by atoms with Crippen LogP contribution in [0.2, 0.25) is 0 Å². The van der Waals surface area contributed by atoms with Crippen LogP contribution in [0.5, 0.6) is 0 Å². The van der Waals surface area contributed by atoms with Gasteiger partial charge in [-0.1, -0.05) is 0 Å². The first-order valence-electron chi connectivity index (χ1n) is 5.01. The van der Waals surface area contributed by atoms with Crippen LogP contribution in [-0.2, 0) is 4.79 Å². The topological polar surface area (TPSA) is 98.7 Å². The number of amides is 2. The van der Waals surface area contributed by atoms with E-state index in [9.17, 15) is 9.59 Å². The predicted octanol–water partition coefficient (Wildman–Crippen LogP) is -0.469. The van der Waals surface area contributed by atoms with Gasteiger partial charge in [-0.15, -0.1) is 0 Å². The first-order valence-corrected chi connectivity index (χ1v) is 5.01. The van der Waals surface area contributed by atoms with Crippen LogP contribution in [0.25, 0.3) is 0 Å². The zero-order chi connectivity index (χ0) is 11.3. The Hall–Kier alpha value is -1.30. The summed E-state index contributed by atoms with van der Waals surface area (Å²) in [4.78, 5) is 21.7. The number of carbonyl (C=O) groups is 2. The SMILES string of the molecule is O=C(O)NC(CO)CC1CCCNC1=O. The summed E-state index contributed by atoms with van der Waals surface area (Å²) in [7, 11) is 0. The van der Waals surface area contributed by atoms with Crippen molar-refractivity contribution in [2.75, 3.05) is 13.2 Å². The van der Waals surface area contributed by atoms with E-state index in [1.807, 2.05) is 0 Å². The highest BCUT2D eigenvalue weighted by atomic mass is 16.4. The highest BCUT2D eigenvalue weighted by molar-refractivity contribution is 5.79. The summed E-state index contributed by atoms with van der Waals surface area (Å²) in [5, 5.41) is 22.3. The molecule has 1 aliphatic rings. The third kappa shape index (κ3) is 3.75. The molecule has 2 unspecified atom stereocenters. The number of aliphatic hydroxyl groups is 1. The van der Waals surface area contributed by atoms with Crippen molar-refractivity contribution < 1.29 is 19.8 Å². The second-order valence-corrected chi connectivity index (χ2v) is 3.69. The number of carboxylic acid groups (broad SMARTS) is 1. The molecule has 0 aliphatic carbocycles. The first kappa shape index (κ1) is 11.8. The molecule has 0 aromatic carbocycles. The van der Waals surface area contributed by atoms with Gasteiger partial charge in [-0.05, 0) is 19.3 Å². The molecule has 1 heterocycles. The second kappa shape index (κ2) is 5.55. The number of carbonyl (C=O) groups excluding carboxylic acids is 1. The summed E-state index contributed by atoms with van der Waals surface area (Å²) in [6, 6.07) is -0.559. The van der Waals surface area contributed by atoms with Crippen LogP contribution in [-0.4, -0.2) is 41.4 Å². The number of hydrogen-bond donors (Lipinski definition) is 4. The Kier molecular flexibility index (Phi) is 4.36. The average molecular weight is 216 g/mol. The van der Waals surface area contributed by atoms with Crippen LogP contribution in [0.15, 0.2) is 0 Å². The summed E-state index contributed by atoms with van der Waals surface area (Å²) in [6.45, 7) is 0.404. The molecule has 15 heavy (non-hydrogen) atoms. The van der Waals surface area contributed by atoms with Crippen LogP contribution in [0, 0.1) is 5.92 Å².